The van der Waals surface area contributed by atoms with Gasteiger partial charge in [-0.05, 0) is 41.7 Å². The molecule has 36 heavy (non-hydrogen) atoms. The molecule has 1 aliphatic rings. The fraction of sp³-hybridized carbons (Fsp3) is 0.400. The lowest BCUT2D eigenvalue weighted by Crippen LogP contribution is -2.39. The third-order valence-corrected chi connectivity index (χ3v) is 6.38. The summed E-state index contributed by atoms with van der Waals surface area (Å²) >= 11 is 6.32. The van der Waals surface area contributed by atoms with Crippen LogP contribution in [0.4, 0.5) is 14.7 Å². The number of nitrogens with zero attached hydrogens (tertiary/aromatic N) is 2. The molecule has 0 unspecified atom stereocenters. The Morgan fingerprint density at radius 2 is 2.08 bits per heavy atom. The van der Waals surface area contributed by atoms with E-state index in [1.165, 1.54) is 18.3 Å². The van der Waals surface area contributed by atoms with Gasteiger partial charge in [-0.1, -0.05) is 31.5 Å². The minimum Gasteiger partial charge on any atom is -0.378 e. The van der Waals surface area contributed by atoms with Crippen molar-refractivity contribution < 1.29 is 18.3 Å². The standard InChI is InChI=1S/C25H29ClF2N6O2/c1-13(2)14-5-15(7-17(27)6-14)22(9-29)32-24(35)21-8-16(10-30-21)23-18(26)11-31-25(34-23)33-20-3-4-36-12-19(20)28/h5-8,10-11,13,19-20,22,30H,3-4,9,12,29H2,1-2H3,(H,32,35)(H,31,33,34)/t19-,20+,22-/m1/s1. The number of carbonyl (C=O) groups excluding carboxylic acids is 1. The van der Waals surface area contributed by atoms with E-state index in [9.17, 15) is 13.6 Å². The molecule has 3 heterocycles. The first-order chi connectivity index (χ1) is 17.2. The maximum atomic E-state index is 14.2. The van der Waals surface area contributed by atoms with Crippen molar-refractivity contribution in [2.75, 3.05) is 25.1 Å². The van der Waals surface area contributed by atoms with E-state index >= 15 is 0 Å². The Hall–Kier alpha value is -3.08. The largest absolute Gasteiger partial charge is 0.378 e. The fourth-order valence-corrected chi connectivity index (χ4v) is 4.22. The summed E-state index contributed by atoms with van der Waals surface area (Å²) < 4.78 is 33.4. The van der Waals surface area contributed by atoms with Crippen LogP contribution in [0.25, 0.3) is 11.3 Å². The molecular weight excluding hydrogens is 490 g/mol. The number of H-pyrrole nitrogens is 1. The minimum absolute atomic E-state index is 0.0204. The summed E-state index contributed by atoms with van der Waals surface area (Å²) in [5.74, 6) is -0.447. The van der Waals surface area contributed by atoms with Gasteiger partial charge in [0, 0.05) is 24.9 Å². The Morgan fingerprint density at radius 3 is 2.81 bits per heavy atom. The summed E-state index contributed by atoms with van der Waals surface area (Å²) in [5, 5.41) is 6.12. The van der Waals surface area contributed by atoms with E-state index in [0.29, 0.717) is 29.8 Å². The van der Waals surface area contributed by atoms with Crippen LogP contribution in [0.15, 0.2) is 36.7 Å². The SMILES string of the molecule is CC(C)c1cc(F)cc([C@@H](CN)NC(=O)c2cc(-c3nc(N[C@H]4CCOC[C@H]4F)ncc3Cl)c[nH]2)c1. The summed E-state index contributed by atoms with van der Waals surface area (Å²) in [6, 6.07) is 5.25. The number of benzene rings is 1. The van der Waals surface area contributed by atoms with Gasteiger partial charge < -0.3 is 26.1 Å². The molecule has 0 aliphatic carbocycles. The second kappa shape index (κ2) is 11.3. The summed E-state index contributed by atoms with van der Waals surface area (Å²) in [6.45, 7) is 4.50. The zero-order chi connectivity index (χ0) is 25.8. The highest BCUT2D eigenvalue weighted by molar-refractivity contribution is 6.32. The first-order valence-corrected chi connectivity index (χ1v) is 12.1. The van der Waals surface area contributed by atoms with E-state index in [4.69, 9.17) is 22.1 Å². The molecule has 5 N–H and O–H groups in total. The Morgan fingerprint density at radius 1 is 1.31 bits per heavy atom. The van der Waals surface area contributed by atoms with Gasteiger partial charge in [0.15, 0.2) is 0 Å². The number of hydrogen-bond donors (Lipinski definition) is 4. The molecule has 3 atom stereocenters. The number of rotatable bonds is 8. The molecule has 192 valence electrons. The van der Waals surface area contributed by atoms with E-state index in [-0.39, 0.29) is 41.6 Å². The van der Waals surface area contributed by atoms with Crippen molar-refractivity contribution in [2.24, 2.45) is 5.73 Å². The topological polar surface area (TPSA) is 118 Å². The van der Waals surface area contributed by atoms with Crippen LogP contribution in [0.5, 0.6) is 0 Å². The van der Waals surface area contributed by atoms with Gasteiger partial charge in [-0.2, -0.15) is 0 Å². The molecule has 11 heteroatoms. The van der Waals surface area contributed by atoms with Crippen LogP contribution in [0.2, 0.25) is 5.02 Å². The van der Waals surface area contributed by atoms with Crippen LogP contribution < -0.4 is 16.4 Å². The summed E-state index contributed by atoms with van der Waals surface area (Å²) in [5.41, 5.74) is 8.50. The number of halogens is 3. The smallest absolute Gasteiger partial charge is 0.268 e. The maximum Gasteiger partial charge on any atom is 0.268 e. The number of aromatic amines is 1. The van der Waals surface area contributed by atoms with Gasteiger partial charge >= 0.3 is 0 Å². The highest BCUT2D eigenvalue weighted by atomic mass is 35.5. The van der Waals surface area contributed by atoms with Crippen molar-refractivity contribution in [2.45, 2.75) is 44.4 Å². The first kappa shape index (κ1) is 26.0. The summed E-state index contributed by atoms with van der Waals surface area (Å²) in [6.07, 6.45) is 2.33. The van der Waals surface area contributed by atoms with E-state index < -0.39 is 24.2 Å². The summed E-state index contributed by atoms with van der Waals surface area (Å²) in [4.78, 5) is 24.5. The lowest BCUT2D eigenvalue weighted by Gasteiger charge is -2.26. The van der Waals surface area contributed by atoms with E-state index in [2.05, 4.69) is 25.6 Å². The fourth-order valence-electron chi connectivity index (χ4n) is 4.02. The quantitative estimate of drug-likeness (QED) is 0.352. The average Bonchev–Trinajstić information content (AvgIpc) is 3.35. The number of nitrogens with one attached hydrogen (secondary N) is 3. The van der Waals surface area contributed by atoms with Crippen LogP contribution in [0.3, 0.4) is 0 Å². The number of anilines is 1. The number of carbonyl (C=O) groups is 1. The normalized spacial score (nSPS) is 18.8. The van der Waals surface area contributed by atoms with Gasteiger partial charge in [0.05, 0.1) is 35.6 Å². The molecule has 0 saturated carbocycles. The van der Waals surface area contributed by atoms with Gasteiger partial charge in [-0.25, -0.2) is 18.7 Å². The van der Waals surface area contributed by atoms with Gasteiger partial charge in [0.1, 0.15) is 17.7 Å². The second-order valence-electron chi connectivity index (χ2n) is 9.06. The molecule has 0 radical (unpaired) electrons. The number of alkyl halides is 1. The molecule has 8 nitrogen and oxygen atoms in total. The predicted octanol–water partition coefficient (Wildman–Crippen LogP) is 4.36. The highest BCUT2D eigenvalue weighted by Crippen LogP contribution is 2.28. The van der Waals surface area contributed by atoms with Crippen molar-refractivity contribution in [1.82, 2.24) is 20.3 Å². The number of amides is 1. The molecule has 1 amide bonds. The second-order valence-corrected chi connectivity index (χ2v) is 9.46. The van der Waals surface area contributed by atoms with Crippen molar-refractivity contribution in [3.05, 3.63) is 64.3 Å². The van der Waals surface area contributed by atoms with Gasteiger partial charge in [0.2, 0.25) is 5.95 Å². The zero-order valence-corrected chi connectivity index (χ0v) is 20.8. The Labute approximate surface area is 213 Å². The number of nitrogens with two attached hydrogens (primary N) is 1. The third kappa shape index (κ3) is 6.00. The first-order valence-electron chi connectivity index (χ1n) is 11.8. The molecule has 1 aliphatic heterocycles. The van der Waals surface area contributed by atoms with E-state index in [1.54, 1.807) is 12.3 Å². The Bertz CT molecular complexity index is 1220. The zero-order valence-electron chi connectivity index (χ0n) is 20.0. The van der Waals surface area contributed by atoms with Crippen LogP contribution in [0, 0.1) is 5.82 Å². The van der Waals surface area contributed by atoms with Gasteiger partial charge in [0.25, 0.3) is 5.91 Å². The van der Waals surface area contributed by atoms with Gasteiger partial charge in [-0.3, -0.25) is 4.79 Å². The third-order valence-electron chi connectivity index (χ3n) is 6.10. The molecule has 0 spiro atoms. The van der Waals surface area contributed by atoms with Crippen LogP contribution in [0.1, 0.15) is 53.8 Å². The van der Waals surface area contributed by atoms with Crippen LogP contribution in [-0.4, -0.2) is 52.8 Å². The van der Waals surface area contributed by atoms with Crippen molar-refractivity contribution in [1.29, 1.82) is 0 Å². The number of hydrogen-bond acceptors (Lipinski definition) is 6. The maximum absolute atomic E-state index is 14.2. The molecule has 1 fully saturated rings. The molecule has 0 bridgehead atoms. The minimum atomic E-state index is -1.17. The molecule has 2 aromatic heterocycles. The highest BCUT2D eigenvalue weighted by Gasteiger charge is 2.26. The molecule has 1 aromatic carbocycles. The molecule has 3 aromatic rings. The summed E-state index contributed by atoms with van der Waals surface area (Å²) in [7, 11) is 0. The van der Waals surface area contributed by atoms with Crippen molar-refractivity contribution in [3.63, 3.8) is 0 Å². The number of ether oxygens (including phenoxy) is 1. The van der Waals surface area contributed by atoms with Crippen molar-refractivity contribution >= 4 is 23.5 Å². The van der Waals surface area contributed by atoms with E-state index in [1.807, 2.05) is 19.9 Å². The lowest BCUT2D eigenvalue weighted by molar-refractivity contribution is 0.0284. The molecule has 4 rings (SSSR count). The van der Waals surface area contributed by atoms with E-state index in [0.717, 1.165) is 5.56 Å². The number of aromatic nitrogens is 3. The van der Waals surface area contributed by atoms with Crippen molar-refractivity contribution in [3.8, 4) is 11.3 Å². The lowest BCUT2D eigenvalue weighted by atomic mass is 9.97. The molecular formula is C25H29ClF2N6O2. The molecule has 1 saturated heterocycles. The Balaban J connectivity index is 1.50. The monoisotopic (exact) mass is 518 g/mol. The average molecular weight is 519 g/mol. The van der Waals surface area contributed by atoms with Crippen LogP contribution >= 0.6 is 11.6 Å². The van der Waals surface area contributed by atoms with Crippen LogP contribution in [-0.2, 0) is 4.74 Å². The van der Waals surface area contributed by atoms with Gasteiger partial charge in [-0.15, -0.1) is 0 Å². The Kier molecular flexibility index (Phi) is 8.17. The predicted molar refractivity (Wildman–Crippen MR) is 134 cm³/mol.